The number of carbonyl (C=O) groups is 5. The van der Waals surface area contributed by atoms with E-state index in [1.54, 1.807) is 0 Å². The Morgan fingerprint density at radius 2 is 1.72 bits per heavy atom. The topological polar surface area (TPSA) is 156 Å². The molecule has 2 atom stereocenters. The zero-order chi connectivity index (χ0) is 21.7. The number of esters is 3. The number of nitrogens with one attached hydrogen (secondary N) is 1. The van der Waals surface area contributed by atoms with Crippen LogP contribution < -0.4 is 23.5 Å². The summed E-state index contributed by atoms with van der Waals surface area (Å²) in [6.45, 7) is 3.01. The second-order valence-corrected chi connectivity index (χ2v) is 5.83. The molecule has 29 heavy (non-hydrogen) atoms. The highest BCUT2D eigenvalue weighted by Crippen LogP contribution is 2.01. The summed E-state index contributed by atoms with van der Waals surface area (Å²) in [7, 11) is 3.73. The minimum atomic E-state index is -1.25. The Morgan fingerprint density at radius 1 is 1.14 bits per heavy atom. The van der Waals surface area contributed by atoms with E-state index in [1.165, 1.54) is 20.2 Å². The summed E-state index contributed by atoms with van der Waals surface area (Å²) >= 11 is 0. The Morgan fingerprint density at radius 3 is 2.24 bits per heavy atom. The maximum Gasteiger partial charge on any atom is 0.364 e. The highest BCUT2D eigenvalue weighted by atomic mass is 35.5. The Hall–Kier alpha value is -2.66. The van der Waals surface area contributed by atoms with E-state index in [0.29, 0.717) is 0 Å². The van der Waals surface area contributed by atoms with Crippen LogP contribution in [0, 0.1) is 0 Å². The fraction of sp³-hybridized carbons (Fsp3) is 0.588. The first-order valence-corrected chi connectivity index (χ1v) is 8.44. The number of methoxy groups -OCH3 is 2. The molecule has 11 nitrogen and oxygen atoms in total. The van der Waals surface area contributed by atoms with Crippen molar-refractivity contribution in [3.05, 3.63) is 12.7 Å². The highest BCUT2D eigenvalue weighted by molar-refractivity contribution is 5.90. The van der Waals surface area contributed by atoms with Gasteiger partial charge in [0.25, 0.3) is 0 Å². The third-order valence-electron chi connectivity index (χ3n) is 3.60. The number of quaternary nitrogens is 1. The summed E-state index contributed by atoms with van der Waals surface area (Å²) < 4.78 is 13.9. The molecule has 0 fully saturated rings. The van der Waals surface area contributed by atoms with Crippen LogP contribution in [-0.4, -0.2) is 81.1 Å². The normalized spacial score (nSPS) is 11.7. The first-order chi connectivity index (χ1) is 13.2. The first kappa shape index (κ1) is 28.5. The molecule has 0 unspecified atom stereocenters. The second-order valence-electron chi connectivity index (χ2n) is 5.83. The standard InChI is InChI=1S/C17H27N3O8.ClH/c1-5-8-28-15(23)9-12(17(25)27-4)19-13(21)10-20(2)14(22)7-6-11(18)16(24)26-3;/h5,11-12H,1,6-10,18H2,2-4H3,(H,19,21);1H/t11-,12-;/m1./s1. The van der Waals surface area contributed by atoms with Gasteiger partial charge in [-0.3, -0.25) is 14.4 Å². The third kappa shape index (κ3) is 11.7. The Balaban J connectivity index is 0. The molecule has 0 heterocycles. The van der Waals surface area contributed by atoms with Crippen LogP contribution >= 0.6 is 0 Å². The monoisotopic (exact) mass is 437 g/mol. The van der Waals surface area contributed by atoms with Crippen molar-refractivity contribution in [1.82, 2.24) is 10.2 Å². The minimum absolute atomic E-state index is 0. The lowest BCUT2D eigenvalue weighted by Gasteiger charge is -2.20. The highest BCUT2D eigenvalue weighted by Gasteiger charge is 2.27. The van der Waals surface area contributed by atoms with Crippen LogP contribution in [0.2, 0.25) is 0 Å². The van der Waals surface area contributed by atoms with Crippen LogP contribution in [0.1, 0.15) is 19.3 Å². The van der Waals surface area contributed by atoms with Gasteiger partial charge in [-0.15, -0.1) is 0 Å². The van der Waals surface area contributed by atoms with Gasteiger partial charge in [0.1, 0.15) is 12.6 Å². The summed E-state index contributed by atoms with van der Waals surface area (Å²) in [5.74, 6) is -3.13. The van der Waals surface area contributed by atoms with Gasteiger partial charge in [0, 0.05) is 19.9 Å². The van der Waals surface area contributed by atoms with Crippen molar-refractivity contribution >= 4 is 29.7 Å². The molecule has 0 saturated carbocycles. The SMILES string of the molecule is C=CCOC(=O)C[C@@H](NC(=O)CN(C)C(=O)CC[C@@H]([NH3+])C(=O)OC)C(=O)OC.[Cl-]. The van der Waals surface area contributed by atoms with Crippen molar-refractivity contribution < 1.29 is 56.3 Å². The van der Waals surface area contributed by atoms with E-state index in [0.717, 1.165) is 12.0 Å². The Bertz CT molecular complexity index is 599. The molecule has 0 bridgehead atoms. The molecule has 166 valence electrons. The van der Waals surface area contributed by atoms with E-state index in [1.807, 2.05) is 0 Å². The fourth-order valence-corrected chi connectivity index (χ4v) is 2.03. The van der Waals surface area contributed by atoms with E-state index in [2.05, 4.69) is 27.1 Å². The molecule has 0 aromatic carbocycles. The van der Waals surface area contributed by atoms with Crippen molar-refractivity contribution in [2.75, 3.05) is 34.4 Å². The number of hydrogen-bond acceptors (Lipinski definition) is 8. The fourth-order valence-electron chi connectivity index (χ4n) is 2.03. The van der Waals surface area contributed by atoms with Gasteiger partial charge in [-0.1, -0.05) is 12.7 Å². The van der Waals surface area contributed by atoms with Crippen molar-refractivity contribution in [2.24, 2.45) is 0 Å². The number of rotatable bonds is 12. The largest absolute Gasteiger partial charge is 1.00 e. The van der Waals surface area contributed by atoms with Gasteiger partial charge in [0.05, 0.1) is 27.2 Å². The van der Waals surface area contributed by atoms with E-state index in [4.69, 9.17) is 4.74 Å². The van der Waals surface area contributed by atoms with Crippen LogP contribution in [-0.2, 0) is 38.2 Å². The number of hydrogen-bond donors (Lipinski definition) is 2. The van der Waals surface area contributed by atoms with Gasteiger partial charge in [0.2, 0.25) is 11.8 Å². The number of likely N-dealkylation sites (N-methyl/N-ethyl adjacent to an activating group) is 1. The molecular formula is C17H28ClN3O8. The predicted molar refractivity (Wildman–Crippen MR) is 95.3 cm³/mol. The average Bonchev–Trinajstić information content (AvgIpc) is 2.67. The average molecular weight is 438 g/mol. The van der Waals surface area contributed by atoms with E-state index >= 15 is 0 Å². The molecule has 2 amide bonds. The minimum Gasteiger partial charge on any atom is -1.00 e. The number of carbonyl (C=O) groups excluding carboxylic acids is 5. The molecular weight excluding hydrogens is 410 g/mol. The first-order valence-electron chi connectivity index (χ1n) is 8.44. The van der Waals surface area contributed by atoms with Gasteiger partial charge in [-0.05, 0) is 0 Å². The van der Waals surface area contributed by atoms with Gasteiger partial charge in [-0.2, -0.15) is 0 Å². The van der Waals surface area contributed by atoms with Crippen LogP contribution in [0.15, 0.2) is 12.7 Å². The summed E-state index contributed by atoms with van der Waals surface area (Å²) in [5.41, 5.74) is 3.59. The van der Waals surface area contributed by atoms with Crippen LogP contribution in [0.25, 0.3) is 0 Å². The molecule has 0 aromatic rings. The van der Waals surface area contributed by atoms with Crippen molar-refractivity contribution in [1.29, 1.82) is 0 Å². The van der Waals surface area contributed by atoms with Crippen molar-refractivity contribution in [2.45, 2.75) is 31.3 Å². The maximum absolute atomic E-state index is 12.1. The Kier molecular flexibility index (Phi) is 15.0. The van der Waals surface area contributed by atoms with Crippen LogP contribution in [0.3, 0.4) is 0 Å². The Labute approximate surface area is 175 Å². The number of ether oxygens (including phenoxy) is 3. The van der Waals surface area contributed by atoms with Gasteiger partial charge in [0.15, 0.2) is 6.04 Å². The lowest BCUT2D eigenvalue weighted by atomic mass is 10.1. The molecule has 0 rings (SSSR count). The molecule has 0 saturated heterocycles. The molecule has 0 radical (unpaired) electrons. The van der Waals surface area contributed by atoms with Crippen molar-refractivity contribution in [3.8, 4) is 0 Å². The number of amides is 2. The molecule has 0 spiro atoms. The van der Waals surface area contributed by atoms with Gasteiger partial charge < -0.3 is 42.6 Å². The molecule has 0 aliphatic rings. The van der Waals surface area contributed by atoms with Crippen molar-refractivity contribution in [3.63, 3.8) is 0 Å². The smallest absolute Gasteiger partial charge is 0.364 e. The zero-order valence-corrected chi connectivity index (χ0v) is 17.5. The summed E-state index contributed by atoms with van der Waals surface area (Å²) in [5, 5.41) is 2.33. The lowest BCUT2D eigenvalue weighted by Crippen LogP contribution is -3.00. The van der Waals surface area contributed by atoms with Crippen LogP contribution in [0.4, 0.5) is 0 Å². The molecule has 0 aliphatic carbocycles. The third-order valence-corrected chi connectivity index (χ3v) is 3.60. The lowest BCUT2D eigenvalue weighted by molar-refractivity contribution is -0.409. The molecule has 12 heteroatoms. The molecule has 0 aliphatic heterocycles. The number of halogens is 1. The quantitative estimate of drug-likeness (QED) is 0.174. The van der Waals surface area contributed by atoms with E-state index in [9.17, 15) is 24.0 Å². The predicted octanol–water partition coefficient (Wildman–Crippen LogP) is -5.21. The van der Waals surface area contributed by atoms with Gasteiger partial charge in [-0.25, -0.2) is 9.59 Å². The van der Waals surface area contributed by atoms with E-state index in [-0.39, 0.29) is 38.4 Å². The second kappa shape index (κ2) is 15.3. The molecule has 4 N–H and O–H groups in total. The summed E-state index contributed by atoms with van der Waals surface area (Å²) in [6.07, 6.45) is 1.09. The zero-order valence-electron chi connectivity index (χ0n) is 16.8. The maximum atomic E-state index is 12.1. The van der Waals surface area contributed by atoms with Crippen LogP contribution in [0.5, 0.6) is 0 Å². The van der Waals surface area contributed by atoms with E-state index < -0.39 is 48.2 Å². The molecule has 0 aromatic heterocycles. The summed E-state index contributed by atoms with van der Waals surface area (Å²) in [4.78, 5) is 60.0. The number of nitrogens with zero attached hydrogens (tertiary/aromatic N) is 1. The summed E-state index contributed by atoms with van der Waals surface area (Å²) in [6, 6.07) is -1.94. The van der Waals surface area contributed by atoms with Gasteiger partial charge >= 0.3 is 17.9 Å².